The number of benzene rings is 3. The number of aldehydes is 1. The Labute approximate surface area is 236 Å². The highest BCUT2D eigenvalue weighted by Gasteiger charge is 2.53. The molecule has 0 amide bonds. The number of carbonyl (C=O) groups excluding carboxylic acids is 4. The van der Waals surface area contributed by atoms with Crippen LogP contribution in [-0.2, 0) is 28.5 Å². The van der Waals surface area contributed by atoms with Gasteiger partial charge < -0.3 is 33.6 Å². The number of rotatable bonds is 12. The Kier molecular flexibility index (Phi) is 10.7. The molecule has 1 aliphatic heterocycles. The minimum absolute atomic E-state index is 0.0365. The summed E-state index contributed by atoms with van der Waals surface area (Å²) in [6.45, 7) is -0.603. The minimum Gasteiger partial charge on any atom is -0.452 e. The van der Waals surface area contributed by atoms with Crippen molar-refractivity contribution in [1.82, 2.24) is 0 Å². The van der Waals surface area contributed by atoms with Crippen LogP contribution in [0.4, 0.5) is 0 Å². The summed E-state index contributed by atoms with van der Waals surface area (Å²) in [6.07, 6.45) is -5.48. The molecule has 1 heterocycles. The van der Waals surface area contributed by atoms with Crippen LogP contribution in [0.1, 0.15) is 43.9 Å². The maximum Gasteiger partial charge on any atom is 0.338 e. The van der Waals surface area contributed by atoms with E-state index in [9.17, 15) is 24.3 Å². The Morgan fingerprint density at radius 2 is 1.12 bits per heavy atom. The van der Waals surface area contributed by atoms with Gasteiger partial charge in [-0.3, -0.25) is 0 Å². The van der Waals surface area contributed by atoms with E-state index in [0.29, 0.717) is 6.42 Å². The molecule has 1 saturated heterocycles. The maximum absolute atomic E-state index is 13.2. The summed E-state index contributed by atoms with van der Waals surface area (Å²) in [5.74, 6) is -2.32. The van der Waals surface area contributed by atoms with Crippen LogP contribution in [0.2, 0.25) is 0 Å². The van der Waals surface area contributed by atoms with Crippen LogP contribution in [0.25, 0.3) is 0 Å². The van der Waals surface area contributed by atoms with Crippen molar-refractivity contribution in [2.75, 3.05) is 13.2 Å². The molecule has 0 radical (unpaired) electrons. The smallest absolute Gasteiger partial charge is 0.338 e. The van der Waals surface area contributed by atoms with Gasteiger partial charge in [-0.25, -0.2) is 14.4 Å². The van der Waals surface area contributed by atoms with Gasteiger partial charge in [0.2, 0.25) is 0 Å². The number of hydrogen-bond donors (Lipinski definition) is 1. The predicted octanol–water partition coefficient (Wildman–Crippen LogP) is 3.38. The molecule has 1 N–H and O–H groups in total. The fourth-order valence-electron chi connectivity index (χ4n) is 4.23. The van der Waals surface area contributed by atoms with Crippen LogP contribution in [0.5, 0.6) is 0 Å². The summed E-state index contributed by atoms with van der Waals surface area (Å²) in [4.78, 5) is 50.3. The van der Waals surface area contributed by atoms with Crippen LogP contribution >= 0.6 is 0 Å². The normalized spacial score (nSPS) is 21.8. The molecule has 41 heavy (non-hydrogen) atoms. The van der Waals surface area contributed by atoms with E-state index in [0.717, 1.165) is 6.29 Å². The van der Waals surface area contributed by atoms with Gasteiger partial charge in [-0.2, -0.15) is 0 Å². The number of ether oxygens (including phenoxy) is 5. The predicted molar refractivity (Wildman–Crippen MR) is 144 cm³/mol. The molecule has 0 aromatic heterocycles. The van der Waals surface area contributed by atoms with Crippen LogP contribution in [0.15, 0.2) is 91.0 Å². The molecule has 214 valence electrons. The highest BCUT2D eigenvalue weighted by Crippen LogP contribution is 2.31. The summed E-state index contributed by atoms with van der Waals surface area (Å²) < 4.78 is 29.1. The lowest BCUT2D eigenvalue weighted by atomic mass is 9.97. The average Bonchev–Trinajstić information content (AvgIpc) is 3.02. The molecule has 5 atom stereocenters. The second-order valence-electron chi connectivity index (χ2n) is 9.11. The summed E-state index contributed by atoms with van der Waals surface area (Å²) in [5, 5.41) is 10.2. The first-order valence-electron chi connectivity index (χ1n) is 13.1. The quantitative estimate of drug-likeness (QED) is 0.152. The Morgan fingerprint density at radius 1 is 0.683 bits per heavy atom. The van der Waals surface area contributed by atoms with Gasteiger partial charge in [-0.15, -0.1) is 0 Å². The van der Waals surface area contributed by atoms with Gasteiger partial charge in [0.05, 0.1) is 29.9 Å². The minimum atomic E-state index is -1.44. The van der Waals surface area contributed by atoms with E-state index in [-0.39, 0.29) is 29.7 Å². The second kappa shape index (κ2) is 14.8. The van der Waals surface area contributed by atoms with Crippen LogP contribution in [0.3, 0.4) is 0 Å². The van der Waals surface area contributed by atoms with E-state index in [2.05, 4.69) is 0 Å². The average molecular weight is 563 g/mol. The van der Waals surface area contributed by atoms with E-state index in [4.69, 9.17) is 23.7 Å². The van der Waals surface area contributed by atoms with Crippen molar-refractivity contribution in [2.24, 2.45) is 0 Å². The molecule has 1 fully saturated rings. The number of esters is 3. The lowest BCUT2D eigenvalue weighted by molar-refractivity contribution is -0.298. The third kappa shape index (κ3) is 7.85. The highest BCUT2D eigenvalue weighted by molar-refractivity contribution is 5.91. The van der Waals surface area contributed by atoms with Crippen molar-refractivity contribution in [1.29, 1.82) is 0 Å². The van der Waals surface area contributed by atoms with Crippen molar-refractivity contribution >= 4 is 24.2 Å². The van der Waals surface area contributed by atoms with Gasteiger partial charge in [-0.1, -0.05) is 54.6 Å². The first-order valence-corrected chi connectivity index (χ1v) is 13.1. The van der Waals surface area contributed by atoms with Crippen molar-refractivity contribution < 1.29 is 48.0 Å². The highest BCUT2D eigenvalue weighted by atomic mass is 16.7. The zero-order chi connectivity index (χ0) is 29.0. The third-order valence-corrected chi connectivity index (χ3v) is 6.28. The number of aliphatic hydroxyl groups is 1. The zero-order valence-electron chi connectivity index (χ0n) is 22.1. The van der Waals surface area contributed by atoms with Crippen molar-refractivity contribution in [3.05, 3.63) is 108 Å². The summed E-state index contributed by atoms with van der Waals surface area (Å²) in [5.41, 5.74) is 0.620. The largest absolute Gasteiger partial charge is 0.452 e. The molecule has 0 saturated carbocycles. The van der Waals surface area contributed by atoms with E-state index in [1.807, 2.05) is 0 Å². The van der Waals surface area contributed by atoms with Crippen molar-refractivity contribution in [2.45, 2.75) is 43.5 Å². The van der Waals surface area contributed by atoms with E-state index >= 15 is 0 Å². The van der Waals surface area contributed by atoms with Crippen molar-refractivity contribution in [3.8, 4) is 0 Å². The molecule has 0 spiro atoms. The summed E-state index contributed by atoms with van der Waals surface area (Å²) >= 11 is 0. The number of carbonyl (C=O) groups is 4. The van der Waals surface area contributed by atoms with Gasteiger partial charge in [0, 0.05) is 6.42 Å². The molecule has 1 aliphatic rings. The lowest BCUT2D eigenvalue weighted by Gasteiger charge is -2.44. The molecule has 10 nitrogen and oxygen atoms in total. The summed E-state index contributed by atoms with van der Waals surface area (Å²) in [6, 6.07) is 24.3. The van der Waals surface area contributed by atoms with Crippen LogP contribution in [0, 0.1) is 0 Å². The molecular formula is C31H30O10. The fraction of sp³-hybridized carbons (Fsp3) is 0.290. The fourth-order valence-corrected chi connectivity index (χ4v) is 4.23. The lowest BCUT2D eigenvalue weighted by Crippen LogP contribution is -2.63. The SMILES string of the molecule is O=CCCCO[C@@H]1O[C@H](CO)[C@H](OC(=O)c2ccccc2)[C@H](OC(=O)c2ccccc2)[C@H]1OC(=O)c1ccccc1. The van der Waals surface area contributed by atoms with E-state index in [1.165, 1.54) is 24.3 Å². The topological polar surface area (TPSA) is 135 Å². The molecule has 0 unspecified atom stereocenters. The van der Waals surface area contributed by atoms with E-state index in [1.54, 1.807) is 66.7 Å². The Bertz CT molecular complexity index is 1280. The molecule has 3 aromatic rings. The Morgan fingerprint density at radius 3 is 1.56 bits per heavy atom. The number of unbranched alkanes of at least 4 members (excludes halogenated alkanes) is 1. The van der Waals surface area contributed by atoms with Gasteiger partial charge in [0.15, 0.2) is 24.6 Å². The maximum atomic E-state index is 13.2. The van der Waals surface area contributed by atoms with Gasteiger partial charge in [0.25, 0.3) is 0 Å². The van der Waals surface area contributed by atoms with Crippen LogP contribution in [-0.4, -0.2) is 73.2 Å². The first kappa shape index (κ1) is 29.6. The molecule has 3 aromatic carbocycles. The van der Waals surface area contributed by atoms with E-state index < -0.39 is 55.2 Å². The monoisotopic (exact) mass is 562 g/mol. The first-order chi connectivity index (χ1) is 20.0. The second-order valence-corrected chi connectivity index (χ2v) is 9.11. The molecule has 0 bridgehead atoms. The number of aliphatic hydroxyl groups excluding tert-OH is 1. The standard InChI is InChI=1S/C31H30O10/c32-18-10-11-19-37-31-27(41-30(36)23-16-8-3-9-17-23)26(40-29(35)22-14-6-2-7-15-22)25(24(20-33)38-31)39-28(34)21-12-4-1-5-13-21/h1-9,12-18,24-27,31,33H,10-11,19-20H2/t24-,25+,26+,27-,31-/m1/s1. The van der Waals surface area contributed by atoms with Crippen molar-refractivity contribution in [3.63, 3.8) is 0 Å². The van der Waals surface area contributed by atoms with Gasteiger partial charge in [0.1, 0.15) is 12.4 Å². The van der Waals surface area contributed by atoms with Gasteiger partial charge >= 0.3 is 17.9 Å². The van der Waals surface area contributed by atoms with Gasteiger partial charge in [-0.05, 0) is 42.8 Å². The number of hydrogen-bond acceptors (Lipinski definition) is 10. The molecular weight excluding hydrogens is 532 g/mol. The Balaban J connectivity index is 1.70. The zero-order valence-corrected chi connectivity index (χ0v) is 22.1. The van der Waals surface area contributed by atoms with Crippen LogP contribution < -0.4 is 0 Å². The summed E-state index contributed by atoms with van der Waals surface area (Å²) in [7, 11) is 0. The molecule has 0 aliphatic carbocycles. The molecule has 10 heteroatoms. The Hall–Kier alpha value is -4.38. The third-order valence-electron chi connectivity index (χ3n) is 6.28. The molecule has 4 rings (SSSR count).